The van der Waals surface area contributed by atoms with E-state index in [1.807, 2.05) is 20.8 Å². The van der Waals surface area contributed by atoms with E-state index >= 15 is 0 Å². The number of unbranched alkanes of at least 4 members (excludes halogenated alkanes) is 1. The van der Waals surface area contributed by atoms with Crippen LogP contribution in [0.5, 0.6) is 0 Å². The molecule has 0 aliphatic rings. The minimum Gasteiger partial charge on any atom is -0.339 e. The fourth-order valence-corrected chi connectivity index (χ4v) is 1.13. The predicted molar refractivity (Wildman–Crippen MR) is 112 cm³/mol. The summed E-state index contributed by atoms with van der Waals surface area (Å²) in [5, 5.41) is 0. The monoisotopic (exact) mass is 404 g/mol. The Kier molecular flexibility index (Phi) is 84.1. The quantitative estimate of drug-likeness (QED) is 0.306. The Morgan fingerprint density at radius 1 is 0.826 bits per heavy atom. The average Bonchev–Trinajstić information content (AvgIpc) is 2.51. The Hall–Kier alpha value is 0.844. The molecule has 0 aromatic carbocycles. The van der Waals surface area contributed by atoms with Gasteiger partial charge < -0.3 is 6.92 Å². The van der Waals surface area contributed by atoms with Crippen molar-refractivity contribution in [2.24, 2.45) is 5.92 Å². The van der Waals surface area contributed by atoms with E-state index in [2.05, 4.69) is 62.0 Å². The molecular formula is C22H51Y-. The van der Waals surface area contributed by atoms with Crippen molar-refractivity contribution >= 4 is 0 Å². The molecular weight excluding hydrogens is 353 g/mol. The largest absolute Gasteiger partial charge is 0.339 e. The van der Waals surface area contributed by atoms with E-state index in [0.29, 0.717) is 0 Å². The standard InChI is InChI=1S/C8H18.C5H9.C4H10.C3H8.C2H6.Y/c1-4-6-8(3)7-5-2;1-4-5(2)3;1-3-4-2;1-3-2;1-2;/h8H,4-7H2,1-3H3;1-2,4H2,3H3;3-4H2,1-2H3;3H2,1-2H3;1-2H3;/q;-1;;;;. The number of hydrogen-bond donors (Lipinski definition) is 0. The molecule has 0 saturated carbocycles. The summed E-state index contributed by atoms with van der Waals surface area (Å²) < 4.78 is 0. The maximum absolute atomic E-state index is 3.61. The van der Waals surface area contributed by atoms with Crippen molar-refractivity contribution in [1.82, 2.24) is 0 Å². The van der Waals surface area contributed by atoms with E-state index < -0.39 is 0 Å². The maximum atomic E-state index is 3.61. The summed E-state index contributed by atoms with van der Waals surface area (Å²) in [4.78, 5) is 0. The minimum absolute atomic E-state index is 0. The van der Waals surface area contributed by atoms with Gasteiger partial charge in [-0.15, -0.1) is 12.2 Å². The van der Waals surface area contributed by atoms with Crippen molar-refractivity contribution < 1.29 is 32.7 Å². The van der Waals surface area contributed by atoms with Crippen LogP contribution in [0.1, 0.15) is 121 Å². The van der Waals surface area contributed by atoms with Crippen LogP contribution < -0.4 is 0 Å². The van der Waals surface area contributed by atoms with Gasteiger partial charge in [-0.3, -0.25) is 0 Å². The van der Waals surface area contributed by atoms with Crippen molar-refractivity contribution in [1.29, 1.82) is 0 Å². The molecule has 1 heteroatoms. The summed E-state index contributed by atoms with van der Waals surface area (Å²) in [6, 6.07) is 0. The Balaban J connectivity index is -0.0000000423. The molecule has 0 atom stereocenters. The number of allylic oxidation sites excluding steroid dienone is 1. The first-order valence-corrected chi connectivity index (χ1v) is 9.84. The molecule has 0 nitrogen and oxygen atoms in total. The van der Waals surface area contributed by atoms with Crippen LogP contribution in [-0.4, -0.2) is 0 Å². The van der Waals surface area contributed by atoms with Crippen molar-refractivity contribution in [3.63, 3.8) is 0 Å². The first-order valence-electron chi connectivity index (χ1n) is 9.84. The number of rotatable bonds is 6. The van der Waals surface area contributed by atoms with Gasteiger partial charge in [-0.05, 0) is 12.8 Å². The van der Waals surface area contributed by atoms with Gasteiger partial charge in [-0.25, -0.2) is 0 Å². The molecule has 0 heterocycles. The van der Waals surface area contributed by atoms with Gasteiger partial charge in [0.25, 0.3) is 0 Å². The maximum Gasteiger partial charge on any atom is 0 e. The van der Waals surface area contributed by atoms with Gasteiger partial charge in [-0.2, -0.15) is 6.42 Å². The summed E-state index contributed by atoms with van der Waals surface area (Å²) in [6.07, 6.45) is 10.3. The van der Waals surface area contributed by atoms with Crippen molar-refractivity contribution in [3.8, 4) is 0 Å². The van der Waals surface area contributed by atoms with Gasteiger partial charge in [0.05, 0.1) is 0 Å². The first kappa shape index (κ1) is 39.1. The second kappa shape index (κ2) is 49.5. The molecule has 0 aliphatic heterocycles. The second-order valence-corrected chi connectivity index (χ2v) is 5.60. The van der Waals surface area contributed by atoms with Crippen LogP contribution in [0, 0.1) is 12.8 Å². The van der Waals surface area contributed by atoms with Crippen LogP contribution in [-0.2, 0) is 32.7 Å². The van der Waals surface area contributed by atoms with E-state index in [4.69, 9.17) is 0 Å². The molecule has 0 aromatic heterocycles. The molecule has 0 aliphatic carbocycles. The molecule has 0 amide bonds. The molecule has 0 bridgehead atoms. The zero-order chi connectivity index (χ0) is 18.8. The molecule has 143 valence electrons. The molecule has 0 N–H and O–H groups in total. The number of hydrogen-bond acceptors (Lipinski definition) is 0. The fraction of sp³-hybridized carbons (Fsp3) is 0.864. The zero-order valence-electron chi connectivity index (χ0n) is 18.7. The molecule has 0 unspecified atom stereocenters. The van der Waals surface area contributed by atoms with Gasteiger partial charge in [-0.1, -0.05) is 107 Å². The van der Waals surface area contributed by atoms with E-state index in [9.17, 15) is 0 Å². The topological polar surface area (TPSA) is 0 Å². The van der Waals surface area contributed by atoms with Crippen LogP contribution in [0.2, 0.25) is 0 Å². The summed E-state index contributed by atoms with van der Waals surface area (Å²) in [5.74, 6) is 0.963. The molecule has 0 saturated heterocycles. The van der Waals surface area contributed by atoms with Crippen molar-refractivity contribution in [2.75, 3.05) is 0 Å². The zero-order valence-corrected chi connectivity index (χ0v) is 21.6. The van der Waals surface area contributed by atoms with Crippen LogP contribution in [0.4, 0.5) is 0 Å². The van der Waals surface area contributed by atoms with E-state index in [-0.39, 0.29) is 32.7 Å². The molecule has 0 aromatic rings. The van der Waals surface area contributed by atoms with E-state index in [0.717, 1.165) is 17.9 Å². The summed E-state index contributed by atoms with van der Waals surface area (Å²) >= 11 is 0. The molecule has 0 spiro atoms. The summed E-state index contributed by atoms with van der Waals surface area (Å²) in [7, 11) is 0. The van der Waals surface area contributed by atoms with Gasteiger partial charge in [0.1, 0.15) is 0 Å². The SMILES string of the molecule is C=C(C)C[CH2-].CC.CCC.CCCC.CCCC(C)CCC.[Y]. The Morgan fingerprint density at radius 3 is 1.13 bits per heavy atom. The Morgan fingerprint density at radius 2 is 1.04 bits per heavy atom. The van der Waals surface area contributed by atoms with Gasteiger partial charge in [0, 0.05) is 32.7 Å². The summed E-state index contributed by atoms with van der Waals surface area (Å²) in [6.45, 7) is 28.6. The third kappa shape index (κ3) is 102. The normalized spacial score (nSPS) is 7.65. The van der Waals surface area contributed by atoms with E-state index in [1.165, 1.54) is 44.9 Å². The smallest absolute Gasteiger partial charge is 0 e. The van der Waals surface area contributed by atoms with Crippen LogP contribution in [0.3, 0.4) is 0 Å². The van der Waals surface area contributed by atoms with Crippen LogP contribution >= 0.6 is 0 Å². The Bertz CT molecular complexity index is 133. The van der Waals surface area contributed by atoms with Crippen molar-refractivity contribution in [3.05, 3.63) is 19.1 Å². The van der Waals surface area contributed by atoms with E-state index in [1.54, 1.807) is 0 Å². The molecule has 23 heavy (non-hydrogen) atoms. The van der Waals surface area contributed by atoms with Gasteiger partial charge in [0.15, 0.2) is 0 Å². The predicted octanol–water partition coefficient (Wildman–Crippen LogP) is 9.26. The first-order chi connectivity index (χ1) is 10.4. The molecule has 0 fully saturated rings. The van der Waals surface area contributed by atoms with Crippen molar-refractivity contribution in [2.45, 2.75) is 121 Å². The van der Waals surface area contributed by atoms with Gasteiger partial charge in [0.2, 0.25) is 0 Å². The Labute approximate surface area is 177 Å². The third-order valence-corrected chi connectivity index (χ3v) is 2.49. The van der Waals surface area contributed by atoms with Gasteiger partial charge >= 0.3 is 0 Å². The molecule has 0 rings (SSSR count). The van der Waals surface area contributed by atoms with Crippen LogP contribution in [0.15, 0.2) is 12.2 Å². The second-order valence-electron chi connectivity index (χ2n) is 5.60. The molecule has 1 radical (unpaired) electrons. The average molecular weight is 405 g/mol. The third-order valence-electron chi connectivity index (χ3n) is 2.49. The summed E-state index contributed by atoms with van der Waals surface area (Å²) in [5.41, 5.74) is 1.14. The van der Waals surface area contributed by atoms with Crippen LogP contribution in [0.25, 0.3) is 0 Å². The fourth-order valence-electron chi connectivity index (χ4n) is 1.13. The minimum atomic E-state index is 0.